The van der Waals surface area contributed by atoms with E-state index < -0.39 is 6.61 Å². The maximum Gasteiger partial charge on any atom is 0.387 e. The molecule has 0 atom stereocenters. The number of carbonyl (C=O) groups excluding carboxylic acids is 1. The lowest BCUT2D eigenvalue weighted by molar-refractivity contribution is -0.0526. The van der Waals surface area contributed by atoms with E-state index in [0.29, 0.717) is 31.6 Å². The van der Waals surface area contributed by atoms with Crippen LogP contribution in [0.25, 0.3) is 0 Å². The molecule has 1 fully saturated rings. The van der Waals surface area contributed by atoms with Crippen molar-refractivity contribution in [3.63, 3.8) is 0 Å². The first kappa shape index (κ1) is 22.0. The van der Waals surface area contributed by atoms with Crippen molar-refractivity contribution in [3.05, 3.63) is 45.7 Å². The third-order valence-corrected chi connectivity index (χ3v) is 6.13. The van der Waals surface area contributed by atoms with Gasteiger partial charge in [-0.25, -0.2) is 0 Å². The minimum atomic E-state index is -3.05. The van der Waals surface area contributed by atoms with Gasteiger partial charge in [0.05, 0.1) is 28.8 Å². The van der Waals surface area contributed by atoms with Crippen LogP contribution in [0.4, 0.5) is 8.78 Å². The third kappa shape index (κ3) is 4.71. The van der Waals surface area contributed by atoms with Gasteiger partial charge in [-0.1, -0.05) is 23.2 Å². The number of carbonyl (C=O) groups is 1. The average Bonchev–Trinajstić information content (AvgIpc) is 2.92. The molecule has 2 aliphatic rings. The number of halogens is 4. The van der Waals surface area contributed by atoms with Crippen LogP contribution in [0.5, 0.6) is 17.2 Å². The molecule has 31 heavy (non-hydrogen) atoms. The van der Waals surface area contributed by atoms with Crippen LogP contribution in [0.2, 0.25) is 10.0 Å². The number of alkyl halides is 2. The topological polar surface area (TPSA) is 66.9 Å². The summed E-state index contributed by atoms with van der Waals surface area (Å²) in [6.07, 6.45) is 4.05. The number of hydrogen-bond acceptors (Lipinski definition) is 6. The Morgan fingerprint density at radius 2 is 1.74 bits per heavy atom. The molecule has 1 spiro atoms. The Bertz CT molecular complexity index is 962. The smallest absolute Gasteiger partial charge is 0.387 e. The first-order valence-corrected chi connectivity index (χ1v) is 10.4. The van der Waals surface area contributed by atoms with Crippen LogP contribution < -0.4 is 14.2 Å². The Kier molecular flexibility index (Phi) is 6.50. The summed E-state index contributed by atoms with van der Waals surface area (Å²) in [5.41, 5.74) is 0.252. The third-order valence-electron chi connectivity index (χ3n) is 5.48. The fraction of sp³-hybridized carbons (Fsp3) is 0.429. The summed E-state index contributed by atoms with van der Waals surface area (Å²) in [7, 11) is 0. The maximum absolute atomic E-state index is 13.1. The predicted molar refractivity (Wildman–Crippen MR) is 109 cm³/mol. The molecular formula is C21H19Cl2F2NO5. The van der Waals surface area contributed by atoms with Crippen molar-refractivity contribution in [1.82, 2.24) is 4.98 Å². The quantitative estimate of drug-likeness (QED) is 0.570. The molecule has 6 nitrogen and oxygen atoms in total. The first-order chi connectivity index (χ1) is 14.9. The Balaban J connectivity index is 1.69. The van der Waals surface area contributed by atoms with Crippen LogP contribution in [0.1, 0.15) is 28.8 Å². The minimum absolute atomic E-state index is 0.0126. The van der Waals surface area contributed by atoms with Gasteiger partial charge in [0.15, 0.2) is 17.3 Å². The normalized spacial score (nSPS) is 17.5. The minimum Gasteiger partial charge on any atom is -0.488 e. The van der Waals surface area contributed by atoms with Crippen molar-refractivity contribution in [2.45, 2.75) is 25.9 Å². The van der Waals surface area contributed by atoms with Crippen LogP contribution in [0.3, 0.4) is 0 Å². The van der Waals surface area contributed by atoms with Crippen molar-refractivity contribution in [3.8, 4) is 17.2 Å². The average molecular weight is 474 g/mol. The fourth-order valence-electron chi connectivity index (χ4n) is 3.68. The van der Waals surface area contributed by atoms with Gasteiger partial charge in [-0.15, -0.1) is 0 Å². The van der Waals surface area contributed by atoms with E-state index in [1.54, 1.807) is 0 Å². The zero-order valence-electron chi connectivity index (χ0n) is 16.3. The lowest BCUT2D eigenvalue weighted by Gasteiger charge is -2.34. The predicted octanol–water partition coefficient (Wildman–Crippen LogP) is 4.98. The SMILES string of the molecule is O=C(Cc1c(Cl)cncc1Cl)c1ccc(OC(F)F)c2c1OCC1(CCOCC1)CO2. The molecule has 3 heterocycles. The molecule has 0 saturated carbocycles. The zero-order chi connectivity index (χ0) is 22.0. The van der Waals surface area contributed by atoms with Crippen molar-refractivity contribution >= 4 is 29.0 Å². The monoisotopic (exact) mass is 473 g/mol. The molecule has 1 aromatic heterocycles. The van der Waals surface area contributed by atoms with Crippen LogP contribution in [-0.4, -0.2) is 43.8 Å². The largest absolute Gasteiger partial charge is 0.488 e. The molecule has 2 aromatic rings. The summed E-state index contributed by atoms with van der Waals surface area (Å²) >= 11 is 12.3. The lowest BCUT2D eigenvalue weighted by atomic mass is 9.82. The molecule has 0 aliphatic carbocycles. The van der Waals surface area contributed by atoms with Crippen molar-refractivity contribution in [2.75, 3.05) is 26.4 Å². The van der Waals surface area contributed by atoms with Crippen LogP contribution in [-0.2, 0) is 11.2 Å². The fourth-order valence-corrected chi connectivity index (χ4v) is 4.18. The van der Waals surface area contributed by atoms with E-state index in [1.165, 1.54) is 24.5 Å². The molecule has 10 heteroatoms. The number of ether oxygens (including phenoxy) is 4. The summed E-state index contributed by atoms with van der Waals surface area (Å²) < 4.78 is 47.8. The van der Waals surface area contributed by atoms with Gasteiger partial charge < -0.3 is 18.9 Å². The molecule has 1 saturated heterocycles. The van der Waals surface area contributed by atoms with E-state index in [-0.39, 0.29) is 63.7 Å². The van der Waals surface area contributed by atoms with E-state index in [1.807, 2.05) is 0 Å². The van der Waals surface area contributed by atoms with Crippen LogP contribution in [0.15, 0.2) is 24.5 Å². The molecule has 2 aliphatic heterocycles. The van der Waals surface area contributed by atoms with Gasteiger partial charge in [0.1, 0.15) is 0 Å². The molecule has 166 valence electrons. The number of ketones is 1. The van der Waals surface area contributed by atoms with Crippen LogP contribution >= 0.6 is 23.2 Å². The number of nitrogens with zero attached hydrogens (tertiary/aromatic N) is 1. The Morgan fingerprint density at radius 3 is 2.39 bits per heavy atom. The number of hydrogen-bond donors (Lipinski definition) is 0. The van der Waals surface area contributed by atoms with Gasteiger partial charge in [-0.2, -0.15) is 8.78 Å². The highest BCUT2D eigenvalue weighted by Crippen LogP contribution is 2.46. The summed E-state index contributed by atoms with van der Waals surface area (Å²) in [5.74, 6) is -0.485. The molecular weight excluding hydrogens is 455 g/mol. The lowest BCUT2D eigenvalue weighted by Crippen LogP contribution is -2.39. The van der Waals surface area contributed by atoms with Crippen molar-refractivity contribution in [2.24, 2.45) is 5.41 Å². The Morgan fingerprint density at radius 1 is 1.10 bits per heavy atom. The highest BCUT2D eigenvalue weighted by atomic mass is 35.5. The second-order valence-electron chi connectivity index (χ2n) is 7.52. The number of aromatic nitrogens is 1. The standard InChI is InChI=1S/C21H19Cl2F2NO5/c22-14-8-26-9-15(23)13(14)7-16(27)12-1-2-17(31-20(24)25)19-18(12)29-10-21(11-30-19)3-5-28-6-4-21/h1-2,8-9,20H,3-7,10-11H2. The number of fused-ring (bicyclic) bond motifs is 1. The highest BCUT2D eigenvalue weighted by Gasteiger charge is 2.39. The van der Waals surface area contributed by atoms with Gasteiger partial charge in [-0.3, -0.25) is 9.78 Å². The second-order valence-corrected chi connectivity index (χ2v) is 8.33. The number of rotatable bonds is 5. The van der Waals surface area contributed by atoms with E-state index in [4.69, 9.17) is 37.4 Å². The molecule has 0 unspecified atom stereocenters. The van der Waals surface area contributed by atoms with Gasteiger partial charge in [0.25, 0.3) is 0 Å². The Hall–Kier alpha value is -2.16. The molecule has 0 N–H and O–H groups in total. The molecule has 0 bridgehead atoms. The highest BCUT2D eigenvalue weighted by molar-refractivity contribution is 6.36. The Labute approximate surface area is 187 Å². The summed E-state index contributed by atoms with van der Waals surface area (Å²) in [4.78, 5) is 17.0. The maximum atomic E-state index is 13.1. The summed E-state index contributed by atoms with van der Waals surface area (Å²) in [6.45, 7) is -1.45. The van der Waals surface area contributed by atoms with Crippen molar-refractivity contribution in [1.29, 1.82) is 0 Å². The molecule has 0 amide bonds. The van der Waals surface area contributed by atoms with Gasteiger partial charge in [0, 0.05) is 43.0 Å². The number of pyridine rings is 1. The van der Waals surface area contributed by atoms with E-state index in [9.17, 15) is 13.6 Å². The van der Waals surface area contributed by atoms with E-state index in [2.05, 4.69) is 9.72 Å². The van der Waals surface area contributed by atoms with Gasteiger partial charge >= 0.3 is 6.61 Å². The first-order valence-electron chi connectivity index (χ1n) is 9.65. The van der Waals surface area contributed by atoms with E-state index in [0.717, 1.165) is 0 Å². The molecule has 4 rings (SSSR count). The van der Waals surface area contributed by atoms with Gasteiger partial charge in [0.2, 0.25) is 5.75 Å². The van der Waals surface area contributed by atoms with Crippen LogP contribution in [0, 0.1) is 5.41 Å². The summed E-state index contributed by atoms with van der Waals surface area (Å²) in [5, 5.41) is 0.505. The van der Waals surface area contributed by atoms with E-state index >= 15 is 0 Å². The molecule has 0 radical (unpaired) electrons. The zero-order valence-corrected chi connectivity index (χ0v) is 17.8. The number of benzene rings is 1. The number of Topliss-reactive ketones (excluding diaryl/α,β-unsaturated/α-hetero) is 1. The van der Waals surface area contributed by atoms with Crippen molar-refractivity contribution < 1.29 is 32.5 Å². The second kappa shape index (κ2) is 9.14. The summed E-state index contributed by atoms with van der Waals surface area (Å²) in [6, 6.07) is 2.66. The molecule has 1 aromatic carbocycles. The van der Waals surface area contributed by atoms with Gasteiger partial charge in [-0.05, 0) is 25.0 Å².